The highest BCUT2D eigenvalue weighted by atomic mass is 19.1. The van der Waals surface area contributed by atoms with Gasteiger partial charge in [0.1, 0.15) is 23.6 Å². The third-order valence-corrected chi connectivity index (χ3v) is 5.48. The summed E-state index contributed by atoms with van der Waals surface area (Å²) in [5, 5.41) is 11.0. The predicted octanol–water partition coefficient (Wildman–Crippen LogP) is 2.38. The maximum atomic E-state index is 14.4. The summed E-state index contributed by atoms with van der Waals surface area (Å²) in [5.41, 5.74) is 0.345. The van der Waals surface area contributed by atoms with E-state index < -0.39 is 23.3 Å². The van der Waals surface area contributed by atoms with Gasteiger partial charge >= 0.3 is 5.69 Å². The average Bonchev–Trinajstić information content (AvgIpc) is 3.18. The highest BCUT2D eigenvalue weighted by molar-refractivity contribution is 5.41. The Morgan fingerprint density at radius 2 is 1.83 bits per heavy atom. The van der Waals surface area contributed by atoms with Crippen LogP contribution in [0, 0.1) is 11.6 Å². The van der Waals surface area contributed by atoms with E-state index >= 15 is 0 Å². The number of tetrazole rings is 1. The zero-order valence-electron chi connectivity index (χ0n) is 15.8. The molecule has 1 saturated heterocycles. The lowest BCUT2D eigenvalue weighted by Gasteiger charge is -2.22. The summed E-state index contributed by atoms with van der Waals surface area (Å²) in [4.78, 5) is 13.0. The number of aromatic nitrogens is 6. The number of hydrogen-bond donors (Lipinski definition) is 0. The van der Waals surface area contributed by atoms with Crippen LogP contribution in [0.5, 0.6) is 0 Å². The molecule has 0 aliphatic carbocycles. The lowest BCUT2D eigenvalue weighted by molar-refractivity contribution is 0.222. The van der Waals surface area contributed by atoms with Gasteiger partial charge in [0, 0.05) is 24.0 Å². The molecule has 1 aliphatic heterocycles. The van der Waals surface area contributed by atoms with Gasteiger partial charge in [-0.05, 0) is 47.7 Å². The third-order valence-electron chi connectivity index (χ3n) is 5.48. The quantitative estimate of drug-likeness (QED) is 0.472. The molecule has 0 spiro atoms. The van der Waals surface area contributed by atoms with Crippen LogP contribution in [-0.2, 0) is 10.3 Å². The second kappa shape index (κ2) is 6.70. The van der Waals surface area contributed by atoms with Gasteiger partial charge in [0.2, 0.25) is 0 Å². The maximum absolute atomic E-state index is 14.4. The van der Waals surface area contributed by atoms with Crippen molar-refractivity contribution in [2.75, 3.05) is 6.61 Å². The lowest BCUT2D eigenvalue weighted by atomic mass is 9.92. The SMILES string of the molecule is CC(n1ccn(-c2ccc(-n3cnnn3)cc2)c1=O)C1(c2ccc(F)cc2F)CO1. The minimum absolute atomic E-state index is 0.238. The molecule has 0 amide bonds. The Bertz CT molecular complexity index is 1260. The Hall–Kier alpha value is -3.66. The van der Waals surface area contributed by atoms with Crippen LogP contribution < -0.4 is 5.69 Å². The molecule has 1 fully saturated rings. The second-order valence-corrected chi connectivity index (χ2v) is 7.11. The van der Waals surface area contributed by atoms with E-state index in [1.807, 2.05) is 0 Å². The molecule has 0 N–H and O–H groups in total. The Morgan fingerprint density at radius 1 is 1.10 bits per heavy atom. The first-order valence-electron chi connectivity index (χ1n) is 9.22. The summed E-state index contributed by atoms with van der Waals surface area (Å²) < 4.78 is 37.7. The first kappa shape index (κ1) is 18.4. The zero-order chi connectivity index (χ0) is 20.9. The van der Waals surface area contributed by atoms with Crippen molar-refractivity contribution in [1.29, 1.82) is 0 Å². The first-order chi connectivity index (χ1) is 14.5. The highest BCUT2D eigenvalue weighted by Gasteiger charge is 2.54. The van der Waals surface area contributed by atoms with Crippen LogP contribution in [0.3, 0.4) is 0 Å². The smallest absolute Gasteiger partial charge is 0.333 e. The summed E-state index contributed by atoms with van der Waals surface area (Å²) in [6.45, 7) is 2.03. The summed E-state index contributed by atoms with van der Waals surface area (Å²) in [5.74, 6) is -1.35. The molecule has 8 nitrogen and oxygen atoms in total. The van der Waals surface area contributed by atoms with Gasteiger partial charge in [-0.25, -0.2) is 18.3 Å². The van der Waals surface area contributed by atoms with Crippen molar-refractivity contribution in [2.45, 2.75) is 18.6 Å². The van der Waals surface area contributed by atoms with Crippen LogP contribution in [0.2, 0.25) is 0 Å². The number of epoxide rings is 1. The summed E-state index contributed by atoms with van der Waals surface area (Å²) >= 11 is 0. The Balaban J connectivity index is 1.47. The van der Waals surface area contributed by atoms with E-state index in [2.05, 4.69) is 15.5 Å². The van der Waals surface area contributed by atoms with Gasteiger partial charge in [0.05, 0.1) is 24.0 Å². The van der Waals surface area contributed by atoms with Crippen molar-refractivity contribution >= 4 is 0 Å². The molecule has 10 heteroatoms. The maximum Gasteiger partial charge on any atom is 0.333 e. The number of nitrogens with zero attached hydrogens (tertiary/aromatic N) is 6. The molecular formula is C20H16F2N6O2. The monoisotopic (exact) mass is 410 g/mol. The van der Waals surface area contributed by atoms with E-state index in [1.165, 1.54) is 32.3 Å². The topological polar surface area (TPSA) is 83.1 Å². The molecule has 30 heavy (non-hydrogen) atoms. The number of rotatable bonds is 5. The molecule has 1 aliphatic rings. The van der Waals surface area contributed by atoms with Crippen molar-refractivity contribution in [2.24, 2.45) is 0 Å². The molecule has 152 valence electrons. The molecular weight excluding hydrogens is 394 g/mol. The van der Waals surface area contributed by atoms with E-state index in [4.69, 9.17) is 4.74 Å². The largest absolute Gasteiger partial charge is 0.362 e. The molecule has 0 bridgehead atoms. The van der Waals surface area contributed by atoms with Gasteiger partial charge in [0.15, 0.2) is 0 Å². The Labute approximate surface area is 168 Å². The number of imidazole rings is 1. The van der Waals surface area contributed by atoms with Crippen LogP contribution >= 0.6 is 0 Å². The Morgan fingerprint density at radius 3 is 2.47 bits per heavy atom. The molecule has 3 heterocycles. The van der Waals surface area contributed by atoms with Crippen LogP contribution in [0.4, 0.5) is 8.78 Å². The molecule has 2 atom stereocenters. The lowest BCUT2D eigenvalue weighted by Crippen LogP contribution is -2.32. The summed E-state index contributed by atoms with van der Waals surface area (Å²) in [7, 11) is 0. The van der Waals surface area contributed by atoms with Crippen LogP contribution in [-0.4, -0.2) is 35.9 Å². The third kappa shape index (κ3) is 2.84. The van der Waals surface area contributed by atoms with E-state index in [0.717, 1.165) is 11.8 Å². The number of ether oxygens (including phenoxy) is 1. The average molecular weight is 410 g/mol. The number of benzene rings is 2. The van der Waals surface area contributed by atoms with Gasteiger partial charge in [-0.3, -0.25) is 9.13 Å². The van der Waals surface area contributed by atoms with Crippen LogP contribution in [0.1, 0.15) is 18.5 Å². The fraction of sp³-hybridized carbons (Fsp3) is 0.200. The molecule has 0 radical (unpaired) electrons. The molecule has 5 rings (SSSR count). The van der Waals surface area contributed by atoms with Crippen molar-refractivity contribution in [1.82, 2.24) is 29.3 Å². The summed E-state index contributed by atoms with van der Waals surface area (Å²) in [6, 6.07) is 10.0. The normalized spacial score (nSPS) is 19.0. The van der Waals surface area contributed by atoms with Gasteiger partial charge < -0.3 is 4.74 Å². The van der Waals surface area contributed by atoms with Crippen LogP contribution in [0.25, 0.3) is 11.4 Å². The fourth-order valence-corrected chi connectivity index (χ4v) is 3.68. The van der Waals surface area contributed by atoms with E-state index in [1.54, 1.807) is 43.6 Å². The van der Waals surface area contributed by atoms with Gasteiger partial charge in [-0.15, -0.1) is 5.10 Å². The van der Waals surface area contributed by atoms with Gasteiger partial charge in [-0.1, -0.05) is 6.07 Å². The highest BCUT2D eigenvalue weighted by Crippen LogP contribution is 2.48. The molecule has 4 aromatic rings. The second-order valence-electron chi connectivity index (χ2n) is 7.11. The van der Waals surface area contributed by atoms with Crippen molar-refractivity contribution < 1.29 is 13.5 Å². The molecule has 2 aromatic heterocycles. The first-order valence-corrected chi connectivity index (χ1v) is 9.22. The molecule has 2 aromatic carbocycles. The minimum atomic E-state index is -1.00. The number of hydrogen-bond acceptors (Lipinski definition) is 5. The van der Waals surface area contributed by atoms with E-state index in [9.17, 15) is 13.6 Å². The van der Waals surface area contributed by atoms with Gasteiger partial charge in [0.25, 0.3) is 0 Å². The summed E-state index contributed by atoms with van der Waals surface area (Å²) in [6.07, 6.45) is 4.75. The van der Waals surface area contributed by atoms with E-state index in [-0.39, 0.29) is 17.9 Å². The zero-order valence-corrected chi connectivity index (χ0v) is 15.8. The standard InChI is InChI=1S/C20H16F2N6O2/c1-13(20(11-30-20)17-7-2-14(21)10-18(17)22)26-8-9-27(19(26)29)15-3-5-16(6-4-15)28-12-23-24-25-28/h2-10,12-13H,11H2,1H3. The van der Waals surface area contributed by atoms with Crippen LogP contribution in [0.15, 0.2) is 66.0 Å². The number of halogens is 2. The van der Waals surface area contributed by atoms with Gasteiger partial charge in [-0.2, -0.15) is 0 Å². The van der Waals surface area contributed by atoms with Crippen molar-refractivity contribution in [3.05, 3.63) is 88.9 Å². The molecule has 2 unspecified atom stereocenters. The van der Waals surface area contributed by atoms with E-state index in [0.29, 0.717) is 5.69 Å². The predicted molar refractivity (Wildman–Crippen MR) is 101 cm³/mol. The fourth-order valence-electron chi connectivity index (χ4n) is 3.68. The van der Waals surface area contributed by atoms with Crippen molar-refractivity contribution in [3.63, 3.8) is 0 Å². The Kier molecular flexibility index (Phi) is 4.10. The molecule has 0 saturated carbocycles. The van der Waals surface area contributed by atoms with Crippen molar-refractivity contribution in [3.8, 4) is 11.4 Å². The minimum Gasteiger partial charge on any atom is -0.362 e.